The van der Waals surface area contributed by atoms with Crippen molar-refractivity contribution < 1.29 is 0 Å². The number of halogens is 1. The van der Waals surface area contributed by atoms with Gasteiger partial charge in [-0.3, -0.25) is 4.98 Å². The average Bonchev–Trinajstić information content (AvgIpc) is 3.03. The molecule has 0 aliphatic rings. The molecule has 3 rings (SSSR count). The van der Waals surface area contributed by atoms with Gasteiger partial charge in [0.2, 0.25) is 0 Å². The molecule has 1 aromatic carbocycles. The second-order valence-electron chi connectivity index (χ2n) is 5.16. The topological polar surface area (TPSA) is 42.7 Å². The Morgan fingerprint density at radius 1 is 1.18 bits per heavy atom. The van der Waals surface area contributed by atoms with Crippen molar-refractivity contribution in [2.45, 2.75) is 19.5 Å². The third-order valence-corrected chi connectivity index (χ3v) is 3.78. The predicted molar refractivity (Wildman–Crippen MR) is 88.1 cm³/mol. The summed E-state index contributed by atoms with van der Waals surface area (Å²) in [6, 6.07) is 11.9. The Hall–Kier alpha value is -2.17. The Bertz CT molecular complexity index is 722. The van der Waals surface area contributed by atoms with Gasteiger partial charge in [0.15, 0.2) is 0 Å². The molecule has 0 aliphatic carbocycles. The SMILES string of the molecule is CC(NCc1cnn(-c2ccc(Cl)cc2)c1)c1cccnc1. The summed E-state index contributed by atoms with van der Waals surface area (Å²) in [6.45, 7) is 2.88. The molecule has 1 unspecified atom stereocenters. The molecular formula is C17H17ClN4. The lowest BCUT2D eigenvalue weighted by Gasteiger charge is -2.12. The Balaban J connectivity index is 1.63. The summed E-state index contributed by atoms with van der Waals surface area (Å²) in [5, 5.41) is 8.59. The van der Waals surface area contributed by atoms with Gasteiger partial charge in [0.1, 0.15) is 0 Å². The summed E-state index contributed by atoms with van der Waals surface area (Å²) >= 11 is 5.90. The van der Waals surface area contributed by atoms with E-state index < -0.39 is 0 Å². The lowest BCUT2D eigenvalue weighted by Crippen LogP contribution is -2.17. The highest BCUT2D eigenvalue weighted by Crippen LogP contribution is 2.14. The molecule has 3 aromatic rings. The predicted octanol–water partition coefficient (Wildman–Crippen LogP) is 3.77. The standard InChI is InChI=1S/C17H17ClN4/c1-13(15-3-2-8-19-11-15)20-9-14-10-21-22(12-14)17-6-4-16(18)5-7-17/h2-8,10-13,20H,9H2,1H3. The Morgan fingerprint density at radius 3 is 2.73 bits per heavy atom. The van der Waals surface area contributed by atoms with Crippen LogP contribution in [0.2, 0.25) is 5.02 Å². The number of hydrogen-bond acceptors (Lipinski definition) is 3. The molecule has 1 N–H and O–H groups in total. The first-order valence-corrected chi connectivity index (χ1v) is 7.53. The Labute approximate surface area is 134 Å². The highest BCUT2D eigenvalue weighted by molar-refractivity contribution is 6.30. The molecule has 0 bridgehead atoms. The molecular weight excluding hydrogens is 296 g/mol. The van der Waals surface area contributed by atoms with Gasteiger partial charge in [-0.15, -0.1) is 0 Å². The maximum absolute atomic E-state index is 5.90. The van der Waals surface area contributed by atoms with Crippen molar-refractivity contribution in [1.29, 1.82) is 0 Å². The van der Waals surface area contributed by atoms with E-state index in [1.165, 1.54) is 5.56 Å². The van der Waals surface area contributed by atoms with Crippen LogP contribution >= 0.6 is 11.6 Å². The van der Waals surface area contributed by atoms with E-state index in [1.807, 2.05) is 53.6 Å². The molecule has 0 radical (unpaired) electrons. The first-order valence-electron chi connectivity index (χ1n) is 7.15. The summed E-state index contributed by atoms with van der Waals surface area (Å²) in [6.07, 6.45) is 7.56. The lowest BCUT2D eigenvalue weighted by atomic mass is 10.1. The molecule has 5 heteroatoms. The van der Waals surface area contributed by atoms with E-state index in [0.717, 1.165) is 22.8 Å². The minimum absolute atomic E-state index is 0.243. The molecule has 112 valence electrons. The molecule has 22 heavy (non-hydrogen) atoms. The number of benzene rings is 1. The molecule has 1 atom stereocenters. The van der Waals surface area contributed by atoms with Crippen LogP contribution in [0.15, 0.2) is 61.2 Å². The zero-order valence-electron chi connectivity index (χ0n) is 12.3. The molecule has 0 spiro atoms. The van der Waals surface area contributed by atoms with Crippen molar-refractivity contribution >= 4 is 11.6 Å². The maximum Gasteiger partial charge on any atom is 0.0646 e. The van der Waals surface area contributed by atoms with E-state index in [4.69, 9.17) is 11.6 Å². The molecule has 2 heterocycles. The number of rotatable bonds is 5. The van der Waals surface area contributed by atoms with Crippen LogP contribution in [0.4, 0.5) is 0 Å². The fraction of sp³-hybridized carbons (Fsp3) is 0.176. The summed E-state index contributed by atoms with van der Waals surface area (Å²) in [5.74, 6) is 0. The zero-order chi connectivity index (χ0) is 15.4. The van der Waals surface area contributed by atoms with Crippen molar-refractivity contribution in [2.24, 2.45) is 0 Å². The van der Waals surface area contributed by atoms with Crippen molar-refractivity contribution in [2.75, 3.05) is 0 Å². The third-order valence-electron chi connectivity index (χ3n) is 3.52. The molecule has 2 aromatic heterocycles. The molecule has 0 saturated carbocycles. The van der Waals surface area contributed by atoms with Crippen LogP contribution < -0.4 is 5.32 Å². The first kappa shape index (κ1) is 14.8. The van der Waals surface area contributed by atoms with E-state index in [0.29, 0.717) is 0 Å². The normalized spacial score (nSPS) is 12.3. The molecule has 0 amide bonds. The van der Waals surface area contributed by atoms with Gasteiger partial charge in [-0.05, 0) is 42.8 Å². The summed E-state index contributed by atoms with van der Waals surface area (Å²) in [4.78, 5) is 4.14. The van der Waals surface area contributed by atoms with Gasteiger partial charge in [0, 0.05) is 41.8 Å². The maximum atomic E-state index is 5.90. The van der Waals surface area contributed by atoms with Crippen molar-refractivity contribution in [1.82, 2.24) is 20.1 Å². The van der Waals surface area contributed by atoms with Gasteiger partial charge in [-0.2, -0.15) is 5.10 Å². The van der Waals surface area contributed by atoms with E-state index in [-0.39, 0.29) is 6.04 Å². The largest absolute Gasteiger partial charge is 0.306 e. The number of aromatic nitrogens is 3. The first-order chi connectivity index (χ1) is 10.7. The van der Waals surface area contributed by atoms with Crippen LogP contribution in [0.5, 0.6) is 0 Å². The van der Waals surface area contributed by atoms with Crippen LogP contribution in [0.3, 0.4) is 0 Å². The Morgan fingerprint density at radius 2 is 2.00 bits per heavy atom. The number of hydrogen-bond donors (Lipinski definition) is 1. The highest BCUT2D eigenvalue weighted by Gasteiger charge is 2.06. The van der Waals surface area contributed by atoms with Crippen LogP contribution in [0, 0.1) is 0 Å². The van der Waals surface area contributed by atoms with E-state index in [1.54, 1.807) is 6.20 Å². The van der Waals surface area contributed by atoms with Crippen molar-refractivity contribution in [3.63, 3.8) is 0 Å². The fourth-order valence-electron chi connectivity index (χ4n) is 2.21. The third kappa shape index (κ3) is 3.53. The minimum Gasteiger partial charge on any atom is -0.306 e. The number of pyridine rings is 1. The van der Waals surface area contributed by atoms with E-state index in [9.17, 15) is 0 Å². The van der Waals surface area contributed by atoms with Crippen LogP contribution in [-0.4, -0.2) is 14.8 Å². The second-order valence-corrected chi connectivity index (χ2v) is 5.59. The van der Waals surface area contributed by atoms with Crippen LogP contribution in [0.25, 0.3) is 5.69 Å². The van der Waals surface area contributed by atoms with Crippen molar-refractivity contribution in [3.8, 4) is 5.69 Å². The van der Waals surface area contributed by atoms with Gasteiger partial charge < -0.3 is 5.32 Å². The summed E-state index contributed by atoms with van der Waals surface area (Å²) in [5.41, 5.74) is 3.30. The lowest BCUT2D eigenvalue weighted by molar-refractivity contribution is 0.573. The monoisotopic (exact) mass is 312 g/mol. The van der Waals surface area contributed by atoms with Crippen LogP contribution in [0.1, 0.15) is 24.1 Å². The minimum atomic E-state index is 0.243. The molecule has 0 saturated heterocycles. The van der Waals surface area contributed by atoms with Gasteiger partial charge in [0.05, 0.1) is 11.9 Å². The van der Waals surface area contributed by atoms with Gasteiger partial charge in [0.25, 0.3) is 0 Å². The summed E-state index contributed by atoms with van der Waals surface area (Å²) in [7, 11) is 0. The van der Waals surface area contributed by atoms with E-state index in [2.05, 4.69) is 28.4 Å². The fourth-order valence-corrected chi connectivity index (χ4v) is 2.33. The van der Waals surface area contributed by atoms with Gasteiger partial charge in [-0.1, -0.05) is 17.7 Å². The zero-order valence-corrected chi connectivity index (χ0v) is 13.0. The smallest absolute Gasteiger partial charge is 0.0646 e. The van der Waals surface area contributed by atoms with E-state index >= 15 is 0 Å². The highest BCUT2D eigenvalue weighted by atomic mass is 35.5. The molecule has 0 fully saturated rings. The van der Waals surface area contributed by atoms with Crippen LogP contribution in [-0.2, 0) is 6.54 Å². The number of nitrogens with zero attached hydrogens (tertiary/aromatic N) is 3. The molecule has 4 nitrogen and oxygen atoms in total. The van der Waals surface area contributed by atoms with Gasteiger partial charge >= 0.3 is 0 Å². The quantitative estimate of drug-likeness (QED) is 0.780. The second kappa shape index (κ2) is 6.73. The number of nitrogens with one attached hydrogen (secondary N) is 1. The summed E-state index contributed by atoms with van der Waals surface area (Å²) < 4.78 is 1.85. The molecule has 0 aliphatic heterocycles. The van der Waals surface area contributed by atoms with Crippen molar-refractivity contribution in [3.05, 3.63) is 77.3 Å². The average molecular weight is 313 g/mol. The Kier molecular flexibility index (Phi) is 4.51. The van der Waals surface area contributed by atoms with Gasteiger partial charge in [-0.25, -0.2) is 4.68 Å².